The van der Waals surface area contributed by atoms with Crippen molar-refractivity contribution in [3.05, 3.63) is 119 Å². The molecule has 2 heterocycles. The van der Waals surface area contributed by atoms with Crippen LogP contribution in [0.3, 0.4) is 0 Å². The van der Waals surface area contributed by atoms with Crippen molar-refractivity contribution in [3.8, 4) is 5.75 Å². The second-order valence-corrected chi connectivity index (χ2v) is 10.7. The molecule has 6 rings (SSSR count). The highest BCUT2D eigenvalue weighted by Crippen LogP contribution is 2.36. The summed E-state index contributed by atoms with van der Waals surface area (Å²) < 4.78 is 5.41. The van der Waals surface area contributed by atoms with Crippen molar-refractivity contribution in [1.82, 2.24) is 14.9 Å². The minimum Gasteiger partial charge on any atom is -0.497 e. The second kappa shape index (κ2) is 11.5. The molecule has 2 aliphatic rings. The van der Waals surface area contributed by atoms with Gasteiger partial charge in [-0.1, -0.05) is 54.1 Å². The smallest absolute Gasteiger partial charge is 0.137 e. The summed E-state index contributed by atoms with van der Waals surface area (Å²) in [7, 11) is 1.69. The van der Waals surface area contributed by atoms with E-state index in [-0.39, 0.29) is 5.92 Å². The summed E-state index contributed by atoms with van der Waals surface area (Å²) in [6, 6.07) is 23.3. The monoisotopic (exact) mass is 536 g/mol. The molecular weight excluding hydrogens is 504 g/mol. The van der Waals surface area contributed by atoms with E-state index >= 15 is 0 Å². The number of hydrogen-bond acceptors (Lipinski definition) is 5. The van der Waals surface area contributed by atoms with Gasteiger partial charge in [0.2, 0.25) is 0 Å². The number of hydrogen-bond donors (Lipinski definition) is 1. The highest BCUT2D eigenvalue weighted by molar-refractivity contribution is 6.30. The number of methoxy groups -OCH3 is 1. The Balaban J connectivity index is 1.30. The molecule has 1 fully saturated rings. The van der Waals surface area contributed by atoms with Gasteiger partial charge in [-0.15, -0.1) is 0 Å². The topological polar surface area (TPSA) is 50.3 Å². The quantitative estimate of drug-likeness (QED) is 0.247. The summed E-state index contributed by atoms with van der Waals surface area (Å²) in [5.74, 6) is 1.78. The van der Waals surface area contributed by atoms with Gasteiger partial charge in [-0.25, -0.2) is 9.97 Å². The fourth-order valence-electron chi connectivity index (χ4n) is 5.71. The molecule has 1 N–H and O–H groups in total. The maximum atomic E-state index is 6.24. The molecule has 5 nitrogen and oxygen atoms in total. The Morgan fingerprint density at radius 1 is 0.897 bits per heavy atom. The molecule has 3 aromatic carbocycles. The lowest BCUT2D eigenvalue weighted by Crippen LogP contribution is -2.38. The number of benzene rings is 3. The number of piperidine rings is 1. The van der Waals surface area contributed by atoms with Gasteiger partial charge in [-0.3, -0.25) is 0 Å². The third-order valence-corrected chi connectivity index (χ3v) is 8.07. The fourth-order valence-corrected chi connectivity index (χ4v) is 5.83. The Hall–Kier alpha value is -3.83. The van der Waals surface area contributed by atoms with E-state index in [0.29, 0.717) is 6.04 Å². The molecule has 0 bridgehead atoms. The fraction of sp³-hybridized carbons (Fsp3) is 0.273. The minimum absolute atomic E-state index is 0.0330. The number of ether oxygens (including phenoxy) is 1. The van der Waals surface area contributed by atoms with Crippen molar-refractivity contribution in [3.63, 3.8) is 0 Å². The summed E-state index contributed by atoms with van der Waals surface area (Å²) in [6.45, 7) is 2.11. The number of fused-ring (bicyclic) bond motifs is 1. The van der Waals surface area contributed by atoms with E-state index in [1.807, 2.05) is 24.3 Å². The number of allylic oxidation sites excluding steroid dienone is 3. The minimum atomic E-state index is 0.0330. The largest absolute Gasteiger partial charge is 0.497 e. The van der Waals surface area contributed by atoms with E-state index in [9.17, 15) is 0 Å². The van der Waals surface area contributed by atoms with Crippen molar-refractivity contribution in [1.29, 1.82) is 0 Å². The highest BCUT2D eigenvalue weighted by Gasteiger charge is 2.22. The van der Waals surface area contributed by atoms with Gasteiger partial charge in [-0.05, 0) is 84.8 Å². The number of nitrogens with one attached hydrogen (secondary N) is 1. The summed E-state index contributed by atoms with van der Waals surface area (Å²) in [6.07, 6.45) is 13.0. The molecule has 1 aromatic heterocycles. The highest BCUT2D eigenvalue weighted by atomic mass is 35.5. The van der Waals surface area contributed by atoms with Crippen LogP contribution in [0.25, 0.3) is 10.9 Å². The average molecular weight is 537 g/mol. The lowest BCUT2D eigenvalue weighted by Gasteiger charge is -2.35. The molecule has 198 valence electrons. The lowest BCUT2D eigenvalue weighted by molar-refractivity contribution is 0.277. The first kappa shape index (κ1) is 25.4. The van der Waals surface area contributed by atoms with E-state index in [2.05, 4.69) is 75.9 Å². The number of nitrogens with zero attached hydrogens (tertiary/aromatic N) is 3. The zero-order valence-corrected chi connectivity index (χ0v) is 22.9. The van der Waals surface area contributed by atoms with E-state index in [1.165, 1.54) is 22.4 Å². The van der Waals surface area contributed by atoms with Gasteiger partial charge >= 0.3 is 0 Å². The third kappa shape index (κ3) is 5.64. The van der Waals surface area contributed by atoms with Crippen molar-refractivity contribution in [2.24, 2.45) is 0 Å². The Bertz CT molecular complexity index is 1490. The number of aromatic nitrogens is 2. The molecule has 39 heavy (non-hydrogen) atoms. The first-order valence-corrected chi connectivity index (χ1v) is 14.1. The van der Waals surface area contributed by atoms with Crippen LogP contribution in [-0.4, -0.2) is 41.1 Å². The van der Waals surface area contributed by atoms with Crippen LogP contribution in [0.2, 0.25) is 5.02 Å². The van der Waals surface area contributed by atoms with Crippen LogP contribution in [0.15, 0.2) is 97.0 Å². The van der Waals surface area contributed by atoms with Crippen LogP contribution in [-0.2, 0) is 0 Å². The molecule has 1 aliphatic carbocycles. The molecule has 1 unspecified atom stereocenters. The van der Waals surface area contributed by atoms with Crippen LogP contribution >= 0.6 is 11.6 Å². The standard InChI is InChI=1S/C33H33ClN4O/c1-39-29-14-9-24(10-15-29)32(23-7-12-26(34)13-8-23)25-11-16-31-30(21-25)33(36-22-35-31)37-27-17-19-38(20-18-27)28-5-3-2-4-6-28/h3,5-16,21-22,27,32H,2,4,17-20H2,1H3,(H,35,36,37). The van der Waals surface area contributed by atoms with Crippen LogP contribution < -0.4 is 10.1 Å². The van der Waals surface area contributed by atoms with Crippen LogP contribution in [0.5, 0.6) is 5.75 Å². The van der Waals surface area contributed by atoms with Gasteiger partial charge in [0.1, 0.15) is 17.9 Å². The van der Waals surface area contributed by atoms with Crippen molar-refractivity contribution >= 4 is 28.3 Å². The summed E-state index contributed by atoms with van der Waals surface area (Å²) in [4.78, 5) is 11.8. The van der Waals surface area contributed by atoms with Gasteiger partial charge in [0.15, 0.2) is 0 Å². The molecule has 0 saturated carbocycles. The molecule has 4 aromatic rings. The van der Waals surface area contributed by atoms with Gasteiger partial charge < -0.3 is 15.0 Å². The maximum Gasteiger partial charge on any atom is 0.137 e. The first-order valence-electron chi connectivity index (χ1n) is 13.7. The van der Waals surface area contributed by atoms with Crippen molar-refractivity contribution in [2.45, 2.75) is 37.6 Å². The van der Waals surface area contributed by atoms with Gasteiger partial charge in [0, 0.05) is 41.2 Å². The summed E-state index contributed by atoms with van der Waals surface area (Å²) in [5.41, 5.74) is 5.86. The van der Waals surface area contributed by atoms with Crippen LogP contribution in [0, 0.1) is 0 Å². The zero-order chi connectivity index (χ0) is 26.6. The van der Waals surface area contributed by atoms with Crippen LogP contribution in [0.4, 0.5) is 5.82 Å². The molecule has 1 saturated heterocycles. The Labute approximate surface area is 235 Å². The van der Waals surface area contributed by atoms with E-state index in [4.69, 9.17) is 21.3 Å². The second-order valence-electron chi connectivity index (χ2n) is 10.3. The molecular formula is C33H33ClN4O. The number of anilines is 1. The maximum absolute atomic E-state index is 6.24. The first-order chi connectivity index (χ1) is 19.2. The summed E-state index contributed by atoms with van der Waals surface area (Å²) in [5, 5.41) is 5.54. The number of halogens is 1. The third-order valence-electron chi connectivity index (χ3n) is 7.82. The van der Waals surface area contributed by atoms with E-state index in [0.717, 1.165) is 66.3 Å². The predicted octanol–water partition coefficient (Wildman–Crippen LogP) is 7.58. The Morgan fingerprint density at radius 3 is 2.31 bits per heavy atom. The molecule has 0 amide bonds. The molecule has 6 heteroatoms. The average Bonchev–Trinajstić information content (AvgIpc) is 3.00. The number of rotatable bonds is 7. The zero-order valence-electron chi connectivity index (χ0n) is 22.2. The molecule has 1 aliphatic heterocycles. The van der Waals surface area contributed by atoms with Crippen molar-refractivity contribution in [2.75, 3.05) is 25.5 Å². The molecule has 0 spiro atoms. The van der Waals surface area contributed by atoms with E-state index in [1.54, 1.807) is 13.4 Å². The van der Waals surface area contributed by atoms with Gasteiger partial charge in [0.25, 0.3) is 0 Å². The normalized spacial score (nSPS) is 16.7. The predicted molar refractivity (Wildman–Crippen MR) is 160 cm³/mol. The molecule has 1 atom stereocenters. The van der Waals surface area contributed by atoms with Gasteiger partial charge in [-0.2, -0.15) is 0 Å². The Morgan fingerprint density at radius 2 is 1.62 bits per heavy atom. The lowest BCUT2D eigenvalue weighted by atomic mass is 9.84. The van der Waals surface area contributed by atoms with Crippen LogP contribution in [0.1, 0.15) is 48.3 Å². The molecule has 0 radical (unpaired) electrons. The Kier molecular flexibility index (Phi) is 7.51. The summed E-state index contributed by atoms with van der Waals surface area (Å²) >= 11 is 6.24. The number of likely N-dealkylation sites (tertiary alicyclic amines) is 1. The SMILES string of the molecule is COc1ccc(C(c2ccc(Cl)cc2)c2ccc3ncnc(NC4CCN(C5=CCCC=C5)CC4)c3c2)cc1. The van der Waals surface area contributed by atoms with E-state index < -0.39 is 0 Å². The van der Waals surface area contributed by atoms with Crippen molar-refractivity contribution < 1.29 is 4.74 Å². The van der Waals surface area contributed by atoms with Gasteiger partial charge in [0.05, 0.1) is 12.6 Å².